The largest absolute Gasteiger partial charge is 0.305 e. The average molecular weight is 166 g/mol. The number of hydrogen-bond acceptors (Lipinski definition) is 1. The third kappa shape index (κ3) is 4.94. The summed E-state index contributed by atoms with van der Waals surface area (Å²) < 4.78 is -0.0752. The zero-order valence-electron chi connectivity index (χ0n) is 6.66. The lowest BCUT2D eigenvalue weighted by molar-refractivity contribution is 0.706. The lowest BCUT2D eigenvalue weighted by Gasteiger charge is -2.22. The molecule has 0 aromatic heterocycles. The van der Waals surface area contributed by atoms with Gasteiger partial charge in [0.15, 0.2) is 0 Å². The molecule has 0 spiro atoms. The fourth-order valence-corrected chi connectivity index (χ4v) is 3.53. The minimum atomic E-state index is -0.172. The third-order valence-corrected chi connectivity index (χ3v) is 3.90. The van der Waals surface area contributed by atoms with E-state index in [-0.39, 0.29) is 14.1 Å². The van der Waals surface area contributed by atoms with Crippen LogP contribution in [0.2, 0.25) is 5.54 Å². The summed E-state index contributed by atoms with van der Waals surface area (Å²) >= 11 is 6.07. The van der Waals surface area contributed by atoms with Gasteiger partial charge in [0.1, 0.15) is 0 Å². The molecule has 0 rings (SSSR count). The second kappa shape index (κ2) is 3.59. The van der Waals surface area contributed by atoms with Crippen molar-refractivity contribution in [2.45, 2.75) is 30.9 Å². The van der Waals surface area contributed by atoms with E-state index >= 15 is 0 Å². The quantitative estimate of drug-likeness (QED) is 0.376. The first-order chi connectivity index (χ1) is 3.98. The topological polar surface area (TPSA) is 12.0 Å². The van der Waals surface area contributed by atoms with Crippen molar-refractivity contribution in [3.8, 4) is 0 Å². The molecule has 0 aliphatic rings. The molecule has 3 heteroatoms. The molecule has 1 N–H and O–H groups in total. The highest BCUT2D eigenvalue weighted by molar-refractivity contribution is 6.57. The fourth-order valence-electron chi connectivity index (χ4n) is 0.869. The molecule has 1 nitrogen and oxygen atoms in total. The van der Waals surface area contributed by atoms with Crippen molar-refractivity contribution < 1.29 is 0 Å². The molecule has 1 atom stereocenters. The molecule has 0 saturated carbocycles. The molecule has 56 valence electrons. The monoisotopic (exact) mass is 165 g/mol. The highest BCUT2D eigenvalue weighted by Crippen LogP contribution is 2.13. The van der Waals surface area contributed by atoms with Crippen molar-refractivity contribution in [1.82, 2.24) is 5.32 Å². The zero-order valence-corrected chi connectivity index (χ0v) is 8.83. The summed E-state index contributed by atoms with van der Waals surface area (Å²) in [7, 11) is 1.75. The van der Waals surface area contributed by atoms with E-state index in [2.05, 4.69) is 26.1 Å². The maximum absolute atomic E-state index is 6.07. The third-order valence-electron chi connectivity index (χ3n) is 1.31. The van der Waals surface area contributed by atoms with Gasteiger partial charge in [0.05, 0.1) is 14.1 Å². The Hall–Kier alpha value is 0.467. The summed E-state index contributed by atoms with van der Waals surface area (Å²) in [6.07, 6.45) is 0. The van der Waals surface area contributed by atoms with Crippen LogP contribution >= 0.6 is 11.6 Å². The standard InChI is InChI=1S/C6H16ClNSi/c1-5(2)9-6(3,7)8-4/h5,8H,9H2,1-4H3. The van der Waals surface area contributed by atoms with Crippen molar-refractivity contribution in [2.75, 3.05) is 7.05 Å². The Bertz CT molecular complexity index is 83.1. The highest BCUT2D eigenvalue weighted by atomic mass is 35.5. The number of hydrogen-bond donors (Lipinski definition) is 1. The van der Waals surface area contributed by atoms with Crippen molar-refractivity contribution in [3.63, 3.8) is 0 Å². The minimum Gasteiger partial charge on any atom is -0.305 e. The Labute approximate surface area is 65.0 Å². The second-order valence-corrected chi connectivity index (χ2v) is 7.78. The van der Waals surface area contributed by atoms with Gasteiger partial charge in [-0.1, -0.05) is 19.4 Å². The molecule has 1 unspecified atom stereocenters. The van der Waals surface area contributed by atoms with Crippen molar-refractivity contribution in [1.29, 1.82) is 0 Å². The first-order valence-electron chi connectivity index (χ1n) is 3.36. The van der Waals surface area contributed by atoms with Gasteiger partial charge < -0.3 is 5.32 Å². The van der Waals surface area contributed by atoms with Crippen LogP contribution in [-0.2, 0) is 0 Å². The van der Waals surface area contributed by atoms with Crippen molar-refractivity contribution >= 4 is 21.1 Å². The molecular weight excluding hydrogens is 150 g/mol. The summed E-state index contributed by atoms with van der Waals surface area (Å²) in [6.45, 7) is 6.51. The Kier molecular flexibility index (Phi) is 3.78. The van der Waals surface area contributed by atoms with Crippen LogP contribution in [0.15, 0.2) is 0 Å². The lowest BCUT2D eigenvalue weighted by Crippen LogP contribution is -2.40. The van der Waals surface area contributed by atoms with E-state index in [1.54, 1.807) is 0 Å². The first-order valence-corrected chi connectivity index (χ1v) is 5.26. The van der Waals surface area contributed by atoms with Gasteiger partial charge in [-0.25, -0.2) is 0 Å². The summed E-state index contributed by atoms with van der Waals surface area (Å²) in [5.74, 6) is 0. The van der Waals surface area contributed by atoms with E-state index in [9.17, 15) is 0 Å². The van der Waals surface area contributed by atoms with E-state index in [1.807, 2.05) is 7.05 Å². The predicted molar refractivity (Wildman–Crippen MR) is 47.0 cm³/mol. The van der Waals surface area contributed by atoms with Crippen LogP contribution in [0, 0.1) is 0 Å². The molecule has 0 aromatic rings. The van der Waals surface area contributed by atoms with Crippen molar-refractivity contribution in [3.05, 3.63) is 0 Å². The van der Waals surface area contributed by atoms with E-state index in [0.717, 1.165) is 5.54 Å². The van der Waals surface area contributed by atoms with Gasteiger partial charge >= 0.3 is 0 Å². The Morgan fingerprint density at radius 2 is 2.00 bits per heavy atom. The van der Waals surface area contributed by atoms with E-state index < -0.39 is 0 Å². The smallest absolute Gasteiger partial charge is 0.0732 e. The number of nitrogens with one attached hydrogen (secondary N) is 1. The Morgan fingerprint density at radius 1 is 1.56 bits per heavy atom. The number of rotatable bonds is 3. The molecule has 0 aliphatic carbocycles. The average Bonchev–Trinajstić information content (AvgIpc) is 1.63. The summed E-state index contributed by atoms with van der Waals surface area (Å²) in [6, 6.07) is 0. The molecule has 0 bridgehead atoms. The molecule has 0 amide bonds. The van der Waals surface area contributed by atoms with Crippen LogP contribution in [0.5, 0.6) is 0 Å². The van der Waals surface area contributed by atoms with Crippen LogP contribution < -0.4 is 5.32 Å². The van der Waals surface area contributed by atoms with Gasteiger partial charge in [-0.3, -0.25) is 0 Å². The summed E-state index contributed by atoms with van der Waals surface area (Å²) in [4.78, 5) is 0. The van der Waals surface area contributed by atoms with Gasteiger partial charge in [0, 0.05) is 0 Å². The van der Waals surface area contributed by atoms with Crippen LogP contribution in [-0.4, -0.2) is 21.2 Å². The van der Waals surface area contributed by atoms with Crippen LogP contribution in [0.4, 0.5) is 0 Å². The molecule has 0 heterocycles. The van der Waals surface area contributed by atoms with Crippen molar-refractivity contribution in [2.24, 2.45) is 0 Å². The number of alkyl halides is 1. The highest BCUT2D eigenvalue weighted by Gasteiger charge is 2.19. The van der Waals surface area contributed by atoms with Gasteiger partial charge in [-0.05, 0) is 14.0 Å². The van der Waals surface area contributed by atoms with Gasteiger partial charge in [-0.2, -0.15) is 0 Å². The Morgan fingerprint density at radius 3 is 2.11 bits per heavy atom. The molecule has 0 aromatic carbocycles. The molecule has 0 aliphatic heterocycles. The summed E-state index contributed by atoms with van der Waals surface area (Å²) in [5, 5.41) is 3.10. The molecule has 9 heavy (non-hydrogen) atoms. The first kappa shape index (κ1) is 9.47. The van der Waals surface area contributed by atoms with E-state index in [4.69, 9.17) is 11.6 Å². The predicted octanol–water partition coefficient (Wildman–Crippen LogP) is 1.12. The fraction of sp³-hybridized carbons (Fsp3) is 1.00. The zero-order chi connectivity index (χ0) is 7.49. The van der Waals surface area contributed by atoms with Gasteiger partial charge in [0.25, 0.3) is 0 Å². The minimum absolute atomic E-state index is 0.0752. The molecule has 0 fully saturated rings. The van der Waals surface area contributed by atoms with Gasteiger partial charge in [-0.15, -0.1) is 11.6 Å². The van der Waals surface area contributed by atoms with Crippen LogP contribution in [0.1, 0.15) is 20.8 Å². The molecular formula is C6H16ClNSi. The van der Waals surface area contributed by atoms with Crippen LogP contribution in [0.25, 0.3) is 0 Å². The second-order valence-electron chi connectivity index (χ2n) is 3.05. The number of halogens is 1. The normalized spacial score (nSPS) is 19.3. The Balaban J connectivity index is 3.58. The van der Waals surface area contributed by atoms with E-state index in [1.165, 1.54) is 0 Å². The van der Waals surface area contributed by atoms with E-state index in [0.29, 0.717) is 0 Å². The van der Waals surface area contributed by atoms with Gasteiger partial charge in [0.2, 0.25) is 0 Å². The maximum Gasteiger partial charge on any atom is 0.0732 e. The summed E-state index contributed by atoms with van der Waals surface area (Å²) in [5.41, 5.74) is 0.792. The molecule has 0 radical (unpaired) electrons. The SMILES string of the molecule is CNC(C)(Cl)[SiH2]C(C)C. The molecule has 0 saturated heterocycles. The van der Waals surface area contributed by atoms with Crippen LogP contribution in [0.3, 0.4) is 0 Å². The lowest BCUT2D eigenvalue weighted by atomic mass is 10.6. The maximum atomic E-state index is 6.07.